The number of halogens is 1. The molecule has 0 aliphatic rings. The lowest BCUT2D eigenvalue weighted by Gasteiger charge is -2.11. The minimum Gasteiger partial charge on any atom is -0.457 e. The molecular weight excluding hydrogens is 260 g/mol. The first-order valence-corrected chi connectivity index (χ1v) is 6.41. The number of benzene rings is 2. The van der Waals surface area contributed by atoms with Crippen LogP contribution >= 0.6 is 11.6 Å². The zero-order valence-electron chi connectivity index (χ0n) is 11.2. The van der Waals surface area contributed by atoms with E-state index in [1.54, 1.807) is 18.2 Å². The van der Waals surface area contributed by atoms with Crippen molar-refractivity contribution < 1.29 is 9.53 Å². The molecule has 0 aliphatic carbocycles. The van der Waals surface area contributed by atoms with Crippen LogP contribution in [0.2, 0.25) is 5.02 Å². The fourth-order valence-electron chi connectivity index (χ4n) is 1.81. The maximum atomic E-state index is 11.3. The molecular formula is C16H15ClO2. The number of carbonyl (C=O) groups excluding carboxylic acids is 1. The highest BCUT2D eigenvalue weighted by Crippen LogP contribution is 2.29. The van der Waals surface area contributed by atoms with Crippen LogP contribution in [0.3, 0.4) is 0 Å². The van der Waals surface area contributed by atoms with Crippen LogP contribution in [-0.2, 0) is 0 Å². The van der Waals surface area contributed by atoms with Crippen LogP contribution in [-0.4, -0.2) is 5.78 Å². The van der Waals surface area contributed by atoms with Crippen LogP contribution in [0.1, 0.15) is 28.4 Å². The SMILES string of the molecule is CC(=O)c1ccc(Oc2cccc(C)c2C)cc1Cl. The molecule has 19 heavy (non-hydrogen) atoms. The Morgan fingerprint density at radius 2 is 1.89 bits per heavy atom. The van der Waals surface area contributed by atoms with Crippen LogP contribution in [0.5, 0.6) is 11.5 Å². The molecule has 0 atom stereocenters. The van der Waals surface area contributed by atoms with Gasteiger partial charge < -0.3 is 4.74 Å². The molecule has 0 radical (unpaired) electrons. The zero-order chi connectivity index (χ0) is 14.0. The van der Waals surface area contributed by atoms with Crippen molar-refractivity contribution in [3.8, 4) is 11.5 Å². The number of hydrogen-bond donors (Lipinski definition) is 0. The Labute approximate surface area is 118 Å². The van der Waals surface area contributed by atoms with Gasteiger partial charge in [0.15, 0.2) is 5.78 Å². The summed E-state index contributed by atoms with van der Waals surface area (Å²) in [5.41, 5.74) is 2.77. The summed E-state index contributed by atoms with van der Waals surface area (Å²) in [6.07, 6.45) is 0. The average Bonchev–Trinajstić information content (AvgIpc) is 2.34. The summed E-state index contributed by atoms with van der Waals surface area (Å²) in [6.45, 7) is 5.54. The molecule has 0 unspecified atom stereocenters. The van der Waals surface area contributed by atoms with Gasteiger partial charge in [0.25, 0.3) is 0 Å². The minimum atomic E-state index is -0.0525. The van der Waals surface area contributed by atoms with E-state index < -0.39 is 0 Å². The normalized spacial score (nSPS) is 10.3. The Morgan fingerprint density at radius 3 is 2.53 bits per heavy atom. The van der Waals surface area contributed by atoms with Crippen LogP contribution in [0.15, 0.2) is 36.4 Å². The minimum absolute atomic E-state index is 0.0525. The highest BCUT2D eigenvalue weighted by Gasteiger charge is 2.08. The van der Waals surface area contributed by atoms with E-state index >= 15 is 0 Å². The average molecular weight is 275 g/mol. The fourth-order valence-corrected chi connectivity index (χ4v) is 2.11. The van der Waals surface area contributed by atoms with Gasteiger partial charge >= 0.3 is 0 Å². The van der Waals surface area contributed by atoms with E-state index in [2.05, 4.69) is 0 Å². The number of ether oxygens (including phenoxy) is 1. The number of aryl methyl sites for hydroxylation is 1. The van der Waals surface area contributed by atoms with E-state index in [-0.39, 0.29) is 5.78 Å². The Balaban J connectivity index is 2.32. The van der Waals surface area contributed by atoms with Crippen LogP contribution < -0.4 is 4.74 Å². The number of carbonyl (C=O) groups is 1. The summed E-state index contributed by atoms with van der Waals surface area (Å²) in [5, 5.41) is 0.412. The zero-order valence-corrected chi connectivity index (χ0v) is 11.9. The highest BCUT2D eigenvalue weighted by molar-refractivity contribution is 6.34. The smallest absolute Gasteiger partial charge is 0.161 e. The molecule has 0 aliphatic heterocycles. The van der Waals surface area contributed by atoms with E-state index in [9.17, 15) is 4.79 Å². The molecule has 0 spiro atoms. The molecule has 3 heteroatoms. The van der Waals surface area contributed by atoms with Gasteiger partial charge in [-0.25, -0.2) is 0 Å². The molecule has 2 aromatic rings. The lowest BCUT2D eigenvalue weighted by molar-refractivity contribution is 0.101. The van der Waals surface area contributed by atoms with E-state index in [1.165, 1.54) is 12.5 Å². The molecule has 0 fully saturated rings. The highest BCUT2D eigenvalue weighted by atomic mass is 35.5. The van der Waals surface area contributed by atoms with Gasteiger partial charge in [0, 0.05) is 11.6 Å². The van der Waals surface area contributed by atoms with Gasteiger partial charge in [0.05, 0.1) is 5.02 Å². The predicted molar refractivity (Wildman–Crippen MR) is 77.4 cm³/mol. The second-order valence-electron chi connectivity index (χ2n) is 4.50. The molecule has 0 heterocycles. The number of ketones is 1. The van der Waals surface area contributed by atoms with Gasteiger partial charge in [-0.1, -0.05) is 23.7 Å². The van der Waals surface area contributed by atoms with Gasteiger partial charge in [-0.15, -0.1) is 0 Å². The molecule has 2 aromatic carbocycles. The van der Waals surface area contributed by atoms with Crippen molar-refractivity contribution in [2.75, 3.05) is 0 Å². The summed E-state index contributed by atoms with van der Waals surface area (Å²) in [6, 6.07) is 11.0. The summed E-state index contributed by atoms with van der Waals surface area (Å²) >= 11 is 6.06. The summed E-state index contributed by atoms with van der Waals surface area (Å²) in [5.74, 6) is 1.37. The van der Waals surface area contributed by atoms with Gasteiger partial charge in [0.1, 0.15) is 11.5 Å². The van der Waals surface area contributed by atoms with Crippen LogP contribution in [0.4, 0.5) is 0 Å². The van der Waals surface area contributed by atoms with E-state index in [0.29, 0.717) is 16.3 Å². The maximum absolute atomic E-state index is 11.3. The summed E-state index contributed by atoms with van der Waals surface area (Å²) in [4.78, 5) is 11.3. The quantitative estimate of drug-likeness (QED) is 0.740. The third kappa shape index (κ3) is 2.96. The van der Waals surface area contributed by atoms with Gasteiger partial charge in [-0.2, -0.15) is 0 Å². The van der Waals surface area contributed by atoms with E-state index in [0.717, 1.165) is 11.3 Å². The number of hydrogen-bond acceptors (Lipinski definition) is 2. The molecule has 0 aromatic heterocycles. The van der Waals surface area contributed by atoms with Crippen molar-refractivity contribution in [2.45, 2.75) is 20.8 Å². The van der Waals surface area contributed by atoms with Crippen molar-refractivity contribution in [1.82, 2.24) is 0 Å². The van der Waals surface area contributed by atoms with Crippen LogP contribution in [0, 0.1) is 13.8 Å². The van der Waals surface area contributed by atoms with Crippen molar-refractivity contribution in [3.63, 3.8) is 0 Å². The molecule has 0 saturated carbocycles. The Morgan fingerprint density at radius 1 is 1.16 bits per heavy atom. The van der Waals surface area contributed by atoms with Gasteiger partial charge in [-0.05, 0) is 50.1 Å². The molecule has 2 nitrogen and oxygen atoms in total. The molecule has 0 amide bonds. The first-order valence-electron chi connectivity index (χ1n) is 6.03. The van der Waals surface area contributed by atoms with Crippen LogP contribution in [0.25, 0.3) is 0 Å². The second-order valence-corrected chi connectivity index (χ2v) is 4.91. The van der Waals surface area contributed by atoms with Crippen molar-refractivity contribution in [3.05, 3.63) is 58.1 Å². The summed E-state index contributed by atoms with van der Waals surface area (Å²) < 4.78 is 5.81. The Kier molecular flexibility index (Phi) is 3.91. The number of rotatable bonds is 3. The topological polar surface area (TPSA) is 26.3 Å². The van der Waals surface area contributed by atoms with Crippen molar-refractivity contribution in [1.29, 1.82) is 0 Å². The maximum Gasteiger partial charge on any atom is 0.161 e. The summed E-state index contributed by atoms with van der Waals surface area (Å²) in [7, 11) is 0. The van der Waals surface area contributed by atoms with Gasteiger partial charge in [0.2, 0.25) is 0 Å². The first-order chi connectivity index (χ1) is 8.99. The third-order valence-electron chi connectivity index (χ3n) is 3.10. The Hall–Kier alpha value is -1.80. The lowest BCUT2D eigenvalue weighted by atomic mass is 10.1. The molecule has 0 saturated heterocycles. The Bertz CT molecular complexity index is 633. The van der Waals surface area contributed by atoms with E-state index in [1.807, 2.05) is 32.0 Å². The third-order valence-corrected chi connectivity index (χ3v) is 3.42. The predicted octanol–water partition coefficient (Wildman–Crippen LogP) is 4.95. The molecule has 0 N–H and O–H groups in total. The second kappa shape index (κ2) is 5.45. The van der Waals surface area contributed by atoms with Gasteiger partial charge in [-0.3, -0.25) is 4.79 Å². The first kappa shape index (κ1) is 13.6. The standard InChI is InChI=1S/C16H15ClO2/c1-10-5-4-6-16(11(10)2)19-13-7-8-14(12(3)18)15(17)9-13/h4-9H,1-3H3. The molecule has 0 bridgehead atoms. The number of Topliss-reactive ketones (excluding diaryl/α,β-unsaturated/α-hetero) is 1. The van der Waals surface area contributed by atoms with E-state index in [4.69, 9.17) is 16.3 Å². The lowest BCUT2D eigenvalue weighted by Crippen LogP contribution is -1.94. The molecule has 2 rings (SSSR count). The van der Waals surface area contributed by atoms with Crippen molar-refractivity contribution in [2.24, 2.45) is 0 Å². The molecule has 98 valence electrons. The van der Waals surface area contributed by atoms with Crippen molar-refractivity contribution >= 4 is 17.4 Å². The fraction of sp³-hybridized carbons (Fsp3) is 0.188. The largest absolute Gasteiger partial charge is 0.457 e. The monoisotopic (exact) mass is 274 g/mol.